The summed E-state index contributed by atoms with van der Waals surface area (Å²) in [6.45, 7) is 4.20. The Kier molecular flexibility index (Phi) is 3.70. The Balaban J connectivity index is 2.68. The standard InChI is InChI=1S/C17H19NO/c1-12-6-5-7-13(2)17(12)15-8-14(11-19)9-16(10-15)18(3)4/h5-11H,1-4H3. The predicted octanol–water partition coefficient (Wildman–Crippen LogP) is 3.85. The van der Waals surface area contributed by atoms with Crippen molar-refractivity contribution in [2.75, 3.05) is 19.0 Å². The topological polar surface area (TPSA) is 20.3 Å². The smallest absolute Gasteiger partial charge is 0.150 e. The summed E-state index contributed by atoms with van der Waals surface area (Å²) >= 11 is 0. The maximum atomic E-state index is 11.1. The molecule has 2 aromatic rings. The number of rotatable bonds is 3. The van der Waals surface area contributed by atoms with Crippen LogP contribution in [0.2, 0.25) is 0 Å². The lowest BCUT2D eigenvalue weighted by Gasteiger charge is -2.17. The van der Waals surface area contributed by atoms with Gasteiger partial charge in [0.1, 0.15) is 6.29 Å². The van der Waals surface area contributed by atoms with E-state index in [2.05, 4.69) is 38.1 Å². The number of aldehydes is 1. The van der Waals surface area contributed by atoms with E-state index in [-0.39, 0.29) is 0 Å². The van der Waals surface area contributed by atoms with Gasteiger partial charge in [-0.25, -0.2) is 0 Å². The summed E-state index contributed by atoms with van der Waals surface area (Å²) in [5, 5.41) is 0. The third kappa shape index (κ3) is 2.68. The van der Waals surface area contributed by atoms with Crippen LogP contribution in [0.3, 0.4) is 0 Å². The Morgan fingerprint density at radius 2 is 1.63 bits per heavy atom. The molecule has 0 N–H and O–H groups in total. The molecular weight excluding hydrogens is 234 g/mol. The van der Waals surface area contributed by atoms with Gasteiger partial charge in [0.25, 0.3) is 0 Å². The van der Waals surface area contributed by atoms with Crippen molar-refractivity contribution in [2.24, 2.45) is 0 Å². The Morgan fingerprint density at radius 3 is 2.16 bits per heavy atom. The van der Waals surface area contributed by atoms with Crippen molar-refractivity contribution in [1.29, 1.82) is 0 Å². The monoisotopic (exact) mass is 253 g/mol. The van der Waals surface area contributed by atoms with Gasteiger partial charge in [-0.3, -0.25) is 4.79 Å². The van der Waals surface area contributed by atoms with E-state index in [9.17, 15) is 4.79 Å². The molecule has 0 saturated heterocycles. The molecule has 0 aromatic heterocycles. The van der Waals surface area contributed by atoms with Gasteiger partial charge in [0.2, 0.25) is 0 Å². The van der Waals surface area contributed by atoms with Gasteiger partial charge in [0, 0.05) is 25.3 Å². The quantitative estimate of drug-likeness (QED) is 0.774. The van der Waals surface area contributed by atoms with E-state index < -0.39 is 0 Å². The number of carbonyl (C=O) groups is 1. The number of carbonyl (C=O) groups excluding carboxylic acids is 1. The van der Waals surface area contributed by atoms with Crippen LogP contribution in [-0.4, -0.2) is 20.4 Å². The van der Waals surface area contributed by atoms with Crippen molar-refractivity contribution in [3.63, 3.8) is 0 Å². The highest BCUT2D eigenvalue weighted by Crippen LogP contribution is 2.30. The highest BCUT2D eigenvalue weighted by Gasteiger charge is 2.09. The van der Waals surface area contributed by atoms with E-state index in [0.29, 0.717) is 5.56 Å². The predicted molar refractivity (Wildman–Crippen MR) is 81.1 cm³/mol. The molecule has 0 aliphatic heterocycles. The fourth-order valence-corrected chi connectivity index (χ4v) is 2.38. The number of anilines is 1. The molecule has 0 saturated carbocycles. The number of hydrogen-bond donors (Lipinski definition) is 0. The van der Waals surface area contributed by atoms with Crippen LogP contribution < -0.4 is 4.90 Å². The lowest BCUT2D eigenvalue weighted by Crippen LogP contribution is -2.09. The molecule has 0 radical (unpaired) electrons. The zero-order valence-corrected chi connectivity index (χ0v) is 11.9. The van der Waals surface area contributed by atoms with Gasteiger partial charge in [-0.2, -0.15) is 0 Å². The average molecular weight is 253 g/mol. The van der Waals surface area contributed by atoms with Crippen molar-refractivity contribution >= 4 is 12.0 Å². The molecule has 0 atom stereocenters. The summed E-state index contributed by atoms with van der Waals surface area (Å²) in [6.07, 6.45) is 0.907. The second-order valence-electron chi connectivity index (χ2n) is 5.09. The fraction of sp³-hybridized carbons (Fsp3) is 0.235. The zero-order chi connectivity index (χ0) is 14.0. The minimum atomic E-state index is 0.712. The first-order chi connectivity index (χ1) is 9.02. The molecular formula is C17H19NO. The Labute approximate surface area is 114 Å². The maximum absolute atomic E-state index is 11.1. The molecule has 0 heterocycles. The van der Waals surface area contributed by atoms with Crippen LogP contribution in [0.25, 0.3) is 11.1 Å². The molecule has 2 heteroatoms. The SMILES string of the molecule is Cc1cccc(C)c1-c1cc(C=O)cc(N(C)C)c1. The van der Waals surface area contributed by atoms with E-state index in [1.165, 1.54) is 16.7 Å². The van der Waals surface area contributed by atoms with Gasteiger partial charge >= 0.3 is 0 Å². The minimum Gasteiger partial charge on any atom is -0.378 e. The number of benzene rings is 2. The van der Waals surface area contributed by atoms with Crippen LogP contribution in [-0.2, 0) is 0 Å². The Bertz CT molecular complexity index is 594. The highest BCUT2D eigenvalue weighted by molar-refractivity contribution is 5.84. The molecule has 0 aliphatic rings. The zero-order valence-electron chi connectivity index (χ0n) is 11.9. The molecule has 0 fully saturated rings. The van der Waals surface area contributed by atoms with E-state index in [1.807, 2.05) is 31.1 Å². The molecule has 2 aromatic carbocycles. The van der Waals surface area contributed by atoms with Gasteiger partial charge in [-0.05, 0) is 54.3 Å². The third-order valence-corrected chi connectivity index (χ3v) is 3.36. The van der Waals surface area contributed by atoms with Crippen LogP contribution in [0.1, 0.15) is 21.5 Å². The Hall–Kier alpha value is -2.09. The first kappa shape index (κ1) is 13.3. The molecule has 2 rings (SSSR count). The largest absolute Gasteiger partial charge is 0.378 e. The maximum Gasteiger partial charge on any atom is 0.150 e. The van der Waals surface area contributed by atoms with Crippen LogP contribution in [0.5, 0.6) is 0 Å². The Morgan fingerprint density at radius 1 is 1.00 bits per heavy atom. The highest BCUT2D eigenvalue weighted by atomic mass is 16.1. The van der Waals surface area contributed by atoms with Crippen LogP contribution in [0, 0.1) is 13.8 Å². The normalized spacial score (nSPS) is 10.3. The summed E-state index contributed by atoms with van der Waals surface area (Å²) in [7, 11) is 3.97. The first-order valence-corrected chi connectivity index (χ1v) is 6.37. The molecule has 0 amide bonds. The van der Waals surface area contributed by atoms with Crippen molar-refractivity contribution in [1.82, 2.24) is 0 Å². The van der Waals surface area contributed by atoms with E-state index >= 15 is 0 Å². The fourth-order valence-electron chi connectivity index (χ4n) is 2.38. The van der Waals surface area contributed by atoms with Crippen LogP contribution >= 0.6 is 0 Å². The van der Waals surface area contributed by atoms with Gasteiger partial charge < -0.3 is 4.90 Å². The molecule has 19 heavy (non-hydrogen) atoms. The van der Waals surface area contributed by atoms with Crippen molar-refractivity contribution in [2.45, 2.75) is 13.8 Å². The minimum absolute atomic E-state index is 0.712. The van der Waals surface area contributed by atoms with E-state index in [1.54, 1.807) is 0 Å². The molecule has 0 spiro atoms. The molecule has 0 bridgehead atoms. The van der Waals surface area contributed by atoms with Crippen LogP contribution in [0.4, 0.5) is 5.69 Å². The van der Waals surface area contributed by atoms with Gasteiger partial charge in [0.05, 0.1) is 0 Å². The molecule has 98 valence electrons. The van der Waals surface area contributed by atoms with Crippen molar-refractivity contribution < 1.29 is 4.79 Å². The molecule has 0 unspecified atom stereocenters. The van der Waals surface area contributed by atoms with Gasteiger partial charge in [0.15, 0.2) is 0 Å². The van der Waals surface area contributed by atoms with Crippen LogP contribution in [0.15, 0.2) is 36.4 Å². The van der Waals surface area contributed by atoms with Crippen molar-refractivity contribution in [3.8, 4) is 11.1 Å². The second-order valence-corrected chi connectivity index (χ2v) is 5.09. The summed E-state index contributed by atoms with van der Waals surface area (Å²) in [4.78, 5) is 13.1. The third-order valence-electron chi connectivity index (χ3n) is 3.36. The lowest BCUT2D eigenvalue weighted by atomic mass is 9.94. The molecule has 2 nitrogen and oxygen atoms in total. The number of hydrogen-bond acceptors (Lipinski definition) is 2. The summed E-state index contributed by atoms with van der Waals surface area (Å²) in [6, 6.07) is 12.3. The first-order valence-electron chi connectivity index (χ1n) is 6.37. The second kappa shape index (κ2) is 5.27. The lowest BCUT2D eigenvalue weighted by molar-refractivity contribution is 0.112. The van der Waals surface area contributed by atoms with E-state index in [0.717, 1.165) is 17.5 Å². The summed E-state index contributed by atoms with van der Waals surface area (Å²) in [5.74, 6) is 0. The number of nitrogens with zero attached hydrogens (tertiary/aromatic N) is 1. The summed E-state index contributed by atoms with van der Waals surface area (Å²) < 4.78 is 0. The van der Waals surface area contributed by atoms with E-state index in [4.69, 9.17) is 0 Å². The summed E-state index contributed by atoms with van der Waals surface area (Å²) in [5.41, 5.74) is 6.53. The van der Waals surface area contributed by atoms with Gasteiger partial charge in [-0.15, -0.1) is 0 Å². The average Bonchev–Trinajstić information content (AvgIpc) is 2.38. The molecule has 0 aliphatic carbocycles. The van der Waals surface area contributed by atoms with Crippen molar-refractivity contribution in [3.05, 3.63) is 53.1 Å². The van der Waals surface area contributed by atoms with Gasteiger partial charge in [-0.1, -0.05) is 18.2 Å². The number of aryl methyl sites for hydroxylation is 2.